The Morgan fingerprint density at radius 1 is 1.47 bits per heavy atom. The molecule has 2 rings (SSSR count). The second-order valence-electron chi connectivity index (χ2n) is 4.19. The lowest BCUT2D eigenvalue weighted by Crippen LogP contribution is -2.38. The molecule has 1 aromatic heterocycles. The molecule has 0 saturated heterocycles. The van der Waals surface area contributed by atoms with Crippen molar-refractivity contribution < 1.29 is 0 Å². The van der Waals surface area contributed by atoms with Crippen molar-refractivity contribution in [2.75, 3.05) is 5.75 Å². The van der Waals surface area contributed by atoms with Gasteiger partial charge < -0.3 is 0 Å². The molecule has 19 heavy (non-hydrogen) atoms. The van der Waals surface area contributed by atoms with Gasteiger partial charge in [-0.25, -0.2) is 0 Å². The molecule has 0 fully saturated rings. The molecule has 3 N–H and O–H groups in total. The van der Waals surface area contributed by atoms with E-state index in [9.17, 15) is 0 Å². The van der Waals surface area contributed by atoms with E-state index in [1.165, 1.54) is 0 Å². The Labute approximate surface area is 121 Å². The van der Waals surface area contributed by atoms with Crippen LogP contribution in [-0.4, -0.2) is 26.8 Å². The summed E-state index contributed by atoms with van der Waals surface area (Å²) in [6.07, 6.45) is 2.63. The SMILES string of the molecule is Cn1cc(CC(CSc2ccccc2Cl)NN)nn1. The predicted octanol–water partition coefficient (Wildman–Crippen LogP) is 1.64. The number of hydrazine groups is 1. The Morgan fingerprint density at radius 3 is 2.89 bits per heavy atom. The molecule has 102 valence electrons. The monoisotopic (exact) mass is 297 g/mol. The predicted molar refractivity (Wildman–Crippen MR) is 78.0 cm³/mol. The van der Waals surface area contributed by atoms with Crippen LogP contribution >= 0.6 is 23.4 Å². The molecular weight excluding hydrogens is 282 g/mol. The highest BCUT2D eigenvalue weighted by molar-refractivity contribution is 7.99. The average molecular weight is 298 g/mol. The van der Waals surface area contributed by atoms with Crippen molar-refractivity contribution in [3.63, 3.8) is 0 Å². The molecule has 0 bridgehead atoms. The van der Waals surface area contributed by atoms with Gasteiger partial charge in [0.25, 0.3) is 0 Å². The average Bonchev–Trinajstić information content (AvgIpc) is 2.81. The second kappa shape index (κ2) is 6.91. The molecule has 5 nitrogen and oxygen atoms in total. The fourth-order valence-corrected chi connectivity index (χ4v) is 2.93. The number of thioether (sulfide) groups is 1. The van der Waals surface area contributed by atoms with Crippen LogP contribution in [0.1, 0.15) is 5.69 Å². The summed E-state index contributed by atoms with van der Waals surface area (Å²) in [6, 6.07) is 7.91. The number of nitrogens with zero attached hydrogens (tertiary/aromatic N) is 3. The zero-order valence-electron chi connectivity index (χ0n) is 10.6. The van der Waals surface area contributed by atoms with Gasteiger partial charge in [0.05, 0.1) is 10.7 Å². The van der Waals surface area contributed by atoms with Crippen molar-refractivity contribution in [2.24, 2.45) is 12.9 Å². The van der Waals surface area contributed by atoms with E-state index in [2.05, 4.69) is 15.7 Å². The number of hydrogen-bond acceptors (Lipinski definition) is 5. The van der Waals surface area contributed by atoms with E-state index in [0.717, 1.165) is 27.8 Å². The van der Waals surface area contributed by atoms with Crippen molar-refractivity contribution in [1.29, 1.82) is 0 Å². The van der Waals surface area contributed by atoms with Crippen molar-refractivity contribution in [3.8, 4) is 0 Å². The quantitative estimate of drug-likeness (QED) is 0.482. The maximum absolute atomic E-state index is 6.12. The Balaban J connectivity index is 1.91. The van der Waals surface area contributed by atoms with Crippen LogP contribution in [0.5, 0.6) is 0 Å². The minimum atomic E-state index is 0.123. The Kier molecular flexibility index (Phi) is 5.21. The van der Waals surface area contributed by atoms with E-state index >= 15 is 0 Å². The Morgan fingerprint density at radius 2 is 2.26 bits per heavy atom. The molecule has 1 atom stereocenters. The number of nitrogens with two attached hydrogens (primary N) is 1. The van der Waals surface area contributed by atoms with Gasteiger partial charge in [0, 0.05) is 36.4 Å². The third-order valence-corrected chi connectivity index (χ3v) is 4.30. The first-order valence-electron chi connectivity index (χ1n) is 5.87. The van der Waals surface area contributed by atoms with Crippen LogP contribution in [0.3, 0.4) is 0 Å². The van der Waals surface area contributed by atoms with Crippen LogP contribution in [0.15, 0.2) is 35.4 Å². The Bertz CT molecular complexity index is 530. The third-order valence-electron chi connectivity index (χ3n) is 2.62. The number of aryl methyl sites for hydroxylation is 1. The maximum Gasteiger partial charge on any atom is 0.0843 e. The van der Waals surface area contributed by atoms with E-state index in [-0.39, 0.29) is 6.04 Å². The minimum absolute atomic E-state index is 0.123. The van der Waals surface area contributed by atoms with Crippen molar-refractivity contribution in [2.45, 2.75) is 17.4 Å². The molecular formula is C12H16ClN5S. The van der Waals surface area contributed by atoms with Gasteiger partial charge in [0.15, 0.2) is 0 Å². The molecule has 1 unspecified atom stereocenters. The highest BCUT2D eigenvalue weighted by Crippen LogP contribution is 2.27. The van der Waals surface area contributed by atoms with E-state index in [1.54, 1.807) is 16.4 Å². The van der Waals surface area contributed by atoms with Crippen molar-refractivity contribution in [3.05, 3.63) is 41.2 Å². The molecule has 1 heterocycles. The standard InChI is InChI=1S/C12H16ClN5S/c1-18-7-9(16-17-18)6-10(15-14)8-19-12-5-3-2-4-11(12)13/h2-5,7,10,15H,6,8,14H2,1H3. The molecule has 0 saturated carbocycles. The summed E-state index contributed by atoms with van der Waals surface area (Å²) in [5, 5.41) is 8.73. The molecule has 2 aromatic rings. The van der Waals surface area contributed by atoms with Crippen LogP contribution in [0.2, 0.25) is 5.02 Å². The van der Waals surface area contributed by atoms with E-state index in [4.69, 9.17) is 17.4 Å². The van der Waals surface area contributed by atoms with Gasteiger partial charge >= 0.3 is 0 Å². The van der Waals surface area contributed by atoms with Crippen molar-refractivity contribution >= 4 is 23.4 Å². The summed E-state index contributed by atoms with van der Waals surface area (Å²) in [7, 11) is 1.85. The number of rotatable bonds is 6. The number of hydrogen-bond donors (Lipinski definition) is 2. The van der Waals surface area contributed by atoms with Gasteiger partial charge in [-0.3, -0.25) is 16.0 Å². The Hall–Kier alpha value is -1.08. The van der Waals surface area contributed by atoms with Gasteiger partial charge in [-0.1, -0.05) is 28.9 Å². The lowest BCUT2D eigenvalue weighted by molar-refractivity contribution is 0.568. The first-order chi connectivity index (χ1) is 9.19. The van der Waals surface area contributed by atoms with E-state index in [1.807, 2.05) is 37.5 Å². The lowest BCUT2D eigenvalue weighted by Gasteiger charge is -2.14. The fraction of sp³-hybridized carbons (Fsp3) is 0.333. The molecule has 0 spiro atoms. The van der Waals surface area contributed by atoms with Crippen LogP contribution in [0, 0.1) is 0 Å². The first-order valence-corrected chi connectivity index (χ1v) is 7.24. The highest BCUT2D eigenvalue weighted by Gasteiger charge is 2.11. The highest BCUT2D eigenvalue weighted by atomic mass is 35.5. The zero-order chi connectivity index (χ0) is 13.7. The molecule has 7 heteroatoms. The fourth-order valence-electron chi connectivity index (χ4n) is 1.66. The molecule has 0 aliphatic carbocycles. The first kappa shape index (κ1) is 14.3. The van der Waals surface area contributed by atoms with Gasteiger partial charge in [-0.15, -0.1) is 16.9 Å². The van der Waals surface area contributed by atoms with Gasteiger partial charge in [0.2, 0.25) is 0 Å². The summed E-state index contributed by atoms with van der Waals surface area (Å²) < 4.78 is 1.68. The molecule has 0 aliphatic rings. The zero-order valence-corrected chi connectivity index (χ0v) is 12.2. The summed E-state index contributed by atoms with van der Waals surface area (Å²) in [5.74, 6) is 6.39. The molecule has 0 radical (unpaired) electrons. The minimum Gasteiger partial charge on any atom is -0.271 e. The van der Waals surface area contributed by atoms with Crippen LogP contribution in [-0.2, 0) is 13.5 Å². The largest absolute Gasteiger partial charge is 0.271 e. The second-order valence-corrected chi connectivity index (χ2v) is 5.66. The van der Waals surface area contributed by atoms with Gasteiger partial charge in [-0.2, -0.15) is 0 Å². The summed E-state index contributed by atoms with van der Waals surface area (Å²) in [5.41, 5.74) is 3.73. The number of benzene rings is 1. The van der Waals surface area contributed by atoms with Crippen LogP contribution in [0.25, 0.3) is 0 Å². The number of nitrogens with one attached hydrogen (secondary N) is 1. The van der Waals surface area contributed by atoms with Gasteiger partial charge in [0.1, 0.15) is 0 Å². The number of halogens is 1. The summed E-state index contributed by atoms with van der Waals surface area (Å²) in [4.78, 5) is 1.06. The summed E-state index contributed by atoms with van der Waals surface area (Å²) >= 11 is 7.79. The maximum atomic E-state index is 6.12. The lowest BCUT2D eigenvalue weighted by atomic mass is 10.2. The number of aromatic nitrogens is 3. The van der Waals surface area contributed by atoms with Crippen LogP contribution in [0.4, 0.5) is 0 Å². The third kappa shape index (κ3) is 4.21. The summed E-state index contributed by atoms with van der Waals surface area (Å²) in [6.45, 7) is 0. The molecule has 1 aromatic carbocycles. The van der Waals surface area contributed by atoms with Crippen molar-refractivity contribution in [1.82, 2.24) is 20.4 Å². The van der Waals surface area contributed by atoms with E-state index in [0.29, 0.717) is 0 Å². The van der Waals surface area contributed by atoms with E-state index < -0.39 is 0 Å². The topological polar surface area (TPSA) is 68.8 Å². The molecule has 0 amide bonds. The van der Waals surface area contributed by atoms with Crippen LogP contribution < -0.4 is 11.3 Å². The van der Waals surface area contributed by atoms with Gasteiger partial charge in [-0.05, 0) is 12.1 Å². The normalized spacial score (nSPS) is 12.6. The molecule has 0 aliphatic heterocycles. The smallest absolute Gasteiger partial charge is 0.0843 e.